The number of carbonyl (C=O) groups is 1. The molecule has 7 heteroatoms. The quantitative estimate of drug-likeness (QED) is 0.760. The van der Waals surface area contributed by atoms with Gasteiger partial charge in [-0.05, 0) is 28.8 Å². The molecule has 23 heavy (non-hydrogen) atoms. The molecule has 0 saturated carbocycles. The highest BCUT2D eigenvalue weighted by Crippen LogP contribution is 2.29. The highest BCUT2D eigenvalue weighted by Gasteiger charge is 2.31. The van der Waals surface area contributed by atoms with Crippen LogP contribution in [-0.2, 0) is 17.9 Å². The van der Waals surface area contributed by atoms with E-state index in [4.69, 9.17) is 0 Å². The van der Waals surface area contributed by atoms with Crippen molar-refractivity contribution in [2.45, 2.75) is 36.3 Å². The standard InChI is InChI=1S/C16H19N5OS/c1-2-10-21-16(17-18-19-21)23-14-9-6-11-20(15(14)22)12-13-7-4-3-5-8-13/h2-5,7-8,14H,1,6,9-12H2/t14-/m0/s1. The molecule has 2 heterocycles. The molecule has 0 bridgehead atoms. The van der Waals surface area contributed by atoms with Crippen molar-refractivity contribution in [3.63, 3.8) is 0 Å². The first-order valence-electron chi connectivity index (χ1n) is 7.64. The average molecular weight is 329 g/mol. The minimum absolute atomic E-state index is 0.123. The van der Waals surface area contributed by atoms with Crippen molar-refractivity contribution in [2.75, 3.05) is 6.54 Å². The topological polar surface area (TPSA) is 63.9 Å². The lowest BCUT2D eigenvalue weighted by atomic mass is 10.1. The van der Waals surface area contributed by atoms with E-state index in [1.54, 1.807) is 10.8 Å². The van der Waals surface area contributed by atoms with Gasteiger partial charge >= 0.3 is 0 Å². The Hall–Kier alpha value is -2.15. The summed E-state index contributed by atoms with van der Waals surface area (Å²) >= 11 is 1.45. The molecule has 1 aliphatic rings. The van der Waals surface area contributed by atoms with Crippen molar-refractivity contribution in [3.8, 4) is 0 Å². The molecule has 1 saturated heterocycles. The maximum atomic E-state index is 12.7. The van der Waals surface area contributed by atoms with Gasteiger partial charge in [-0.1, -0.05) is 48.2 Å². The molecule has 1 aromatic heterocycles. The van der Waals surface area contributed by atoms with Crippen LogP contribution in [0.3, 0.4) is 0 Å². The van der Waals surface area contributed by atoms with Crippen LogP contribution >= 0.6 is 11.8 Å². The van der Waals surface area contributed by atoms with E-state index in [0.29, 0.717) is 18.2 Å². The van der Waals surface area contributed by atoms with E-state index in [1.165, 1.54) is 11.8 Å². The molecule has 1 atom stereocenters. The Balaban J connectivity index is 1.67. The van der Waals surface area contributed by atoms with Crippen LogP contribution in [0.1, 0.15) is 18.4 Å². The molecule has 120 valence electrons. The first kappa shape index (κ1) is 15.7. The van der Waals surface area contributed by atoms with Crippen molar-refractivity contribution in [1.82, 2.24) is 25.1 Å². The highest BCUT2D eigenvalue weighted by atomic mass is 32.2. The van der Waals surface area contributed by atoms with E-state index in [2.05, 4.69) is 34.2 Å². The SMILES string of the molecule is C=CCn1nnnc1S[C@H]1CCCN(Cc2ccccc2)C1=O. The number of likely N-dealkylation sites (tertiary alicyclic amines) is 1. The third-order valence-corrected chi connectivity index (χ3v) is 4.97. The van der Waals surface area contributed by atoms with Gasteiger partial charge in [-0.3, -0.25) is 4.79 Å². The summed E-state index contributed by atoms with van der Waals surface area (Å²) in [5.74, 6) is 0.165. The van der Waals surface area contributed by atoms with Crippen LogP contribution in [0.15, 0.2) is 48.1 Å². The zero-order valence-electron chi connectivity index (χ0n) is 12.8. The molecule has 0 spiro atoms. The summed E-state index contributed by atoms with van der Waals surface area (Å²) in [4.78, 5) is 14.7. The molecule has 0 unspecified atom stereocenters. The van der Waals surface area contributed by atoms with Gasteiger partial charge in [0.15, 0.2) is 0 Å². The number of allylic oxidation sites excluding steroid dienone is 1. The number of hydrogen-bond donors (Lipinski definition) is 0. The number of rotatable bonds is 6. The van der Waals surface area contributed by atoms with Gasteiger partial charge in [-0.25, -0.2) is 4.68 Å². The Kier molecular flexibility index (Phi) is 5.07. The molecule has 1 fully saturated rings. The minimum Gasteiger partial charge on any atom is -0.337 e. The smallest absolute Gasteiger partial charge is 0.236 e. The Morgan fingerprint density at radius 1 is 1.35 bits per heavy atom. The molecule has 3 rings (SSSR count). The first-order valence-corrected chi connectivity index (χ1v) is 8.52. The molecular weight excluding hydrogens is 310 g/mol. The van der Waals surface area contributed by atoms with Crippen molar-refractivity contribution in [1.29, 1.82) is 0 Å². The van der Waals surface area contributed by atoms with Crippen LogP contribution in [0.4, 0.5) is 0 Å². The fraction of sp³-hybridized carbons (Fsp3) is 0.375. The Bertz CT molecular complexity index is 672. The minimum atomic E-state index is -0.123. The predicted molar refractivity (Wildman–Crippen MR) is 88.8 cm³/mol. The number of benzene rings is 1. The normalized spacial score (nSPS) is 18.2. The van der Waals surface area contributed by atoms with Crippen molar-refractivity contribution in [3.05, 3.63) is 48.6 Å². The zero-order valence-corrected chi connectivity index (χ0v) is 13.7. The summed E-state index contributed by atoms with van der Waals surface area (Å²) in [6.07, 6.45) is 3.60. The summed E-state index contributed by atoms with van der Waals surface area (Å²) in [6.45, 7) is 5.71. The number of amides is 1. The fourth-order valence-electron chi connectivity index (χ4n) is 2.62. The lowest BCUT2D eigenvalue weighted by molar-refractivity contribution is -0.133. The second-order valence-corrected chi connectivity index (χ2v) is 6.60. The van der Waals surface area contributed by atoms with E-state index in [-0.39, 0.29) is 11.2 Å². The molecule has 2 aromatic rings. The monoisotopic (exact) mass is 329 g/mol. The van der Waals surface area contributed by atoms with Gasteiger partial charge in [0.05, 0.1) is 11.8 Å². The van der Waals surface area contributed by atoms with Crippen LogP contribution in [0.25, 0.3) is 0 Å². The van der Waals surface area contributed by atoms with E-state index in [1.807, 2.05) is 23.1 Å². The Morgan fingerprint density at radius 2 is 2.17 bits per heavy atom. The van der Waals surface area contributed by atoms with Gasteiger partial charge < -0.3 is 4.90 Å². The number of carbonyl (C=O) groups excluding carboxylic acids is 1. The van der Waals surface area contributed by atoms with Crippen LogP contribution in [0.2, 0.25) is 0 Å². The highest BCUT2D eigenvalue weighted by molar-refractivity contribution is 8.00. The summed E-state index contributed by atoms with van der Waals surface area (Å²) in [5, 5.41) is 12.2. The van der Waals surface area contributed by atoms with Gasteiger partial charge in [-0.2, -0.15) is 0 Å². The molecule has 0 N–H and O–H groups in total. The molecular formula is C16H19N5OS. The molecule has 0 aliphatic carbocycles. The largest absolute Gasteiger partial charge is 0.337 e. The second-order valence-electron chi connectivity index (χ2n) is 5.43. The van der Waals surface area contributed by atoms with Gasteiger partial charge in [-0.15, -0.1) is 11.7 Å². The molecule has 1 aliphatic heterocycles. The molecule has 1 aromatic carbocycles. The second kappa shape index (κ2) is 7.41. The number of aromatic nitrogens is 4. The number of piperidine rings is 1. The summed E-state index contributed by atoms with van der Waals surface area (Å²) in [7, 11) is 0. The molecule has 1 amide bonds. The van der Waals surface area contributed by atoms with Crippen LogP contribution in [0.5, 0.6) is 0 Å². The Morgan fingerprint density at radius 3 is 2.96 bits per heavy atom. The number of hydrogen-bond acceptors (Lipinski definition) is 5. The van der Waals surface area contributed by atoms with Crippen LogP contribution in [-0.4, -0.2) is 42.8 Å². The summed E-state index contributed by atoms with van der Waals surface area (Å²) in [6, 6.07) is 10.1. The van der Waals surface area contributed by atoms with Crippen molar-refractivity contribution < 1.29 is 4.79 Å². The lowest BCUT2D eigenvalue weighted by Gasteiger charge is -2.31. The maximum absolute atomic E-state index is 12.7. The summed E-state index contributed by atoms with van der Waals surface area (Å²) in [5.41, 5.74) is 1.16. The molecule has 6 nitrogen and oxygen atoms in total. The first-order chi connectivity index (χ1) is 11.3. The van der Waals surface area contributed by atoms with Gasteiger partial charge in [0, 0.05) is 13.1 Å². The maximum Gasteiger partial charge on any atom is 0.236 e. The van der Waals surface area contributed by atoms with Gasteiger partial charge in [0.2, 0.25) is 11.1 Å². The van der Waals surface area contributed by atoms with E-state index in [0.717, 1.165) is 24.9 Å². The lowest BCUT2D eigenvalue weighted by Crippen LogP contribution is -2.42. The average Bonchev–Trinajstić information content (AvgIpc) is 3.00. The molecule has 0 radical (unpaired) electrons. The number of nitrogens with zero attached hydrogens (tertiary/aromatic N) is 5. The van der Waals surface area contributed by atoms with Gasteiger partial charge in [0.25, 0.3) is 0 Å². The zero-order chi connectivity index (χ0) is 16.1. The predicted octanol–water partition coefficient (Wildman–Crippen LogP) is 2.14. The third-order valence-electron chi connectivity index (χ3n) is 3.75. The van der Waals surface area contributed by atoms with E-state index in [9.17, 15) is 4.79 Å². The fourth-order valence-corrected chi connectivity index (χ4v) is 3.73. The summed E-state index contributed by atoms with van der Waals surface area (Å²) < 4.78 is 1.67. The third kappa shape index (κ3) is 3.79. The Labute approximate surface area is 139 Å². The van der Waals surface area contributed by atoms with Crippen molar-refractivity contribution >= 4 is 17.7 Å². The van der Waals surface area contributed by atoms with E-state index >= 15 is 0 Å². The van der Waals surface area contributed by atoms with Gasteiger partial charge in [0.1, 0.15) is 0 Å². The van der Waals surface area contributed by atoms with Crippen LogP contribution in [0, 0.1) is 0 Å². The van der Waals surface area contributed by atoms with E-state index < -0.39 is 0 Å². The van der Waals surface area contributed by atoms with Crippen LogP contribution < -0.4 is 0 Å². The van der Waals surface area contributed by atoms with Crippen molar-refractivity contribution in [2.24, 2.45) is 0 Å². The number of tetrazole rings is 1. The number of thioether (sulfide) groups is 1.